The third kappa shape index (κ3) is 2.69. The molecule has 0 heterocycles. The van der Waals surface area contributed by atoms with Crippen molar-refractivity contribution in [2.45, 2.75) is 13.0 Å². The Kier molecular flexibility index (Phi) is 4.22. The summed E-state index contributed by atoms with van der Waals surface area (Å²) in [6, 6.07) is 5.67. The lowest BCUT2D eigenvalue weighted by Gasteiger charge is -2.08. The van der Waals surface area contributed by atoms with E-state index in [9.17, 15) is 0 Å². The van der Waals surface area contributed by atoms with Gasteiger partial charge in [0.25, 0.3) is 0 Å². The molecule has 0 spiro atoms. The van der Waals surface area contributed by atoms with Gasteiger partial charge in [-0.05, 0) is 23.6 Å². The van der Waals surface area contributed by atoms with Crippen molar-refractivity contribution in [1.29, 1.82) is 0 Å². The first-order valence-corrected chi connectivity index (χ1v) is 4.53. The molecule has 13 heavy (non-hydrogen) atoms. The van der Waals surface area contributed by atoms with E-state index in [1.807, 2.05) is 18.2 Å². The molecule has 0 atom stereocenters. The minimum Gasteiger partial charge on any atom is -0.396 e. The van der Waals surface area contributed by atoms with E-state index in [1.165, 1.54) is 0 Å². The summed E-state index contributed by atoms with van der Waals surface area (Å²) in [5.74, 6) is 0. The smallest absolute Gasteiger partial charge is 0.0716 e. The second-order valence-corrected chi connectivity index (χ2v) is 3.19. The van der Waals surface area contributed by atoms with Crippen molar-refractivity contribution in [1.82, 2.24) is 0 Å². The number of aliphatic hydroxyl groups is 1. The average molecular weight is 201 g/mol. The molecule has 0 aliphatic carbocycles. The third-order valence-electron chi connectivity index (χ3n) is 1.88. The van der Waals surface area contributed by atoms with Gasteiger partial charge in [0.2, 0.25) is 0 Å². The van der Waals surface area contributed by atoms with Crippen LogP contribution < -0.4 is 0 Å². The quantitative estimate of drug-likeness (QED) is 0.806. The van der Waals surface area contributed by atoms with Crippen LogP contribution >= 0.6 is 11.6 Å². The van der Waals surface area contributed by atoms with Crippen molar-refractivity contribution in [3.8, 4) is 0 Å². The van der Waals surface area contributed by atoms with Crippen molar-refractivity contribution >= 4 is 11.6 Å². The van der Waals surface area contributed by atoms with E-state index in [-0.39, 0.29) is 6.61 Å². The SMILES string of the molecule is COCc1cccc(Cl)c1CCO. The molecule has 3 heteroatoms. The summed E-state index contributed by atoms with van der Waals surface area (Å²) in [5.41, 5.74) is 2.03. The number of rotatable bonds is 4. The summed E-state index contributed by atoms with van der Waals surface area (Å²) in [5, 5.41) is 9.54. The fraction of sp³-hybridized carbons (Fsp3) is 0.400. The van der Waals surface area contributed by atoms with E-state index in [4.69, 9.17) is 21.4 Å². The van der Waals surface area contributed by atoms with Gasteiger partial charge >= 0.3 is 0 Å². The second-order valence-electron chi connectivity index (χ2n) is 2.78. The normalized spacial score (nSPS) is 10.4. The first-order chi connectivity index (χ1) is 6.29. The molecule has 0 saturated heterocycles. The van der Waals surface area contributed by atoms with Crippen LogP contribution in [0, 0.1) is 0 Å². The Morgan fingerprint density at radius 1 is 1.46 bits per heavy atom. The Bertz CT molecular complexity index is 274. The number of hydrogen-bond donors (Lipinski definition) is 1. The summed E-state index contributed by atoms with van der Waals surface area (Å²) in [4.78, 5) is 0. The number of hydrogen-bond acceptors (Lipinski definition) is 2. The van der Waals surface area contributed by atoms with Crippen molar-refractivity contribution in [2.75, 3.05) is 13.7 Å². The zero-order valence-electron chi connectivity index (χ0n) is 7.59. The molecular formula is C10H13ClO2. The number of halogens is 1. The number of ether oxygens (including phenoxy) is 1. The summed E-state index contributed by atoms with van der Waals surface area (Å²) in [7, 11) is 1.64. The fourth-order valence-corrected chi connectivity index (χ4v) is 1.57. The monoisotopic (exact) mass is 200 g/mol. The molecule has 0 aromatic heterocycles. The van der Waals surface area contributed by atoms with Gasteiger partial charge in [0.05, 0.1) is 6.61 Å². The number of methoxy groups -OCH3 is 1. The van der Waals surface area contributed by atoms with Crippen LogP contribution in [0.15, 0.2) is 18.2 Å². The lowest BCUT2D eigenvalue weighted by atomic mass is 10.1. The van der Waals surface area contributed by atoms with Crippen LogP contribution in [-0.2, 0) is 17.8 Å². The summed E-state index contributed by atoms with van der Waals surface area (Å²) < 4.78 is 5.03. The lowest BCUT2D eigenvalue weighted by Crippen LogP contribution is -1.99. The van der Waals surface area contributed by atoms with Gasteiger partial charge in [0.1, 0.15) is 0 Å². The molecule has 1 aromatic rings. The van der Waals surface area contributed by atoms with Crippen molar-refractivity contribution in [2.24, 2.45) is 0 Å². The van der Waals surface area contributed by atoms with Crippen molar-refractivity contribution in [3.63, 3.8) is 0 Å². The molecular weight excluding hydrogens is 188 g/mol. The molecule has 1 rings (SSSR count). The van der Waals surface area contributed by atoms with Crippen LogP contribution in [0.25, 0.3) is 0 Å². The summed E-state index contributed by atoms with van der Waals surface area (Å²) in [6.07, 6.45) is 0.582. The van der Waals surface area contributed by atoms with Crippen LogP contribution in [0.1, 0.15) is 11.1 Å². The fourth-order valence-electron chi connectivity index (χ4n) is 1.29. The third-order valence-corrected chi connectivity index (χ3v) is 2.23. The first kappa shape index (κ1) is 10.5. The lowest BCUT2D eigenvalue weighted by molar-refractivity contribution is 0.183. The minimum absolute atomic E-state index is 0.112. The first-order valence-electron chi connectivity index (χ1n) is 4.15. The Hall–Kier alpha value is -0.570. The molecule has 0 unspecified atom stereocenters. The molecule has 0 aliphatic heterocycles. The highest BCUT2D eigenvalue weighted by molar-refractivity contribution is 6.31. The maximum Gasteiger partial charge on any atom is 0.0716 e. The predicted molar refractivity (Wildman–Crippen MR) is 53.0 cm³/mol. The number of benzene rings is 1. The van der Waals surface area contributed by atoms with Gasteiger partial charge in [-0.3, -0.25) is 0 Å². The van der Waals surface area contributed by atoms with Gasteiger partial charge in [-0.15, -0.1) is 0 Å². The van der Waals surface area contributed by atoms with Gasteiger partial charge < -0.3 is 9.84 Å². The van der Waals surface area contributed by atoms with E-state index in [1.54, 1.807) is 7.11 Å². The molecule has 2 nitrogen and oxygen atoms in total. The highest BCUT2D eigenvalue weighted by atomic mass is 35.5. The van der Waals surface area contributed by atoms with Crippen LogP contribution in [0.5, 0.6) is 0 Å². The number of aliphatic hydroxyl groups excluding tert-OH is 1. The van der Waals surface area contributed by atoms with E-state index < -0.39 is 0 Å². The van der Waals surface area contributed by atoms with Crippen molar-refractivity contribution < 1.29 is 9.84 Å². The van der Waals surface area contributed by atoms with Gasteiger partial charge in [0, 0.05) is 18.7 Å². The zero-order chi connectivity index (χ0) is 9.68. The molecule has 1 N–H and O–H groups in total. The molecule has 72 valence electrons. The Balaban J connectivity index is 2.95. The highest BCUT2D eigenvalue weighted by Gasteiger charge is 2.05. The summed E-state index contributed by atoms with van der Waals surface area (Å²) >= 11 is 5.98. The molecule has 0 bridgehead atoms. The van der Waals surface area contributed by atoms with Crippen LogP contribution in [0.4, 0.5) is 0 Å². The highest BCUT2D eigenvalue weighted by Crippen LogP contribution is 2.20. The molecule has 0 amide bonds. The Morgan fingerprint density at radius 3 is 2.85 bits per heavy atom. The van der Waals surface area contributed by atoms with E-state index in [0.29, 0.717) is 18.1 Å². The van der Waals surface area contributed by atoms with E-state index in [0.717, 1.165) is 11.1 Å². The molecule has 1 aromatic carbocycles. The maximum absolute atomic E-state index is 8.84. The molecule has 0 saturated carbocycles. The molecule has 0 radical (unpaired) electrons. The Labute approximate surface area is 83.1 Å². The van der Waals surface area contributed by atoms with E-state index >= 15 is 0 Å². The second kappa shape index (κ2) is 5.22. The van der Waals surface area contributed by atoms with Gasteiger partial charge in [-0.2, -0.15) is 0 Å². The van der Waals surface area contributed by atoms with Gasteiger partial charge in [0.15, 0.2) is 0 Å². The van der Waals surface area contributed by atoms with Gasteiger partial charge in [-0.25, -0.2) is 0 Å². The zero-order valence-corrected chi connectivity index (χ0v) is 8.34. The molecule has 0 aliphatic rings. The van der Waals surface area contributed by atoms with Crippen LogP contribution in [-0.4, -0.2) is 18.8 Å². The van der Waals surface area contributed by atoms with Crippen molar-refractivity contribution in [3.05, 3.63) is 34.3 Å². The van der Waals surface area contributed by atoms with Gasteiger partial charge in [-0.1, -0.05) is 23.7 Å². The Morgan fingerprint density at radius 2 is 2.23 bits per heavy atom. The topological polar surface area (TPSA) is 29.5 Å². The largest absolute Gasteiger partial charge is 0.396 e. The average Bonchev–Trinajstić information content (AvgIpc) is 2.11. The van der Waals surface area contributed by atoms with Crippen LogP contribution in [0.2, 0.25) is 5.02 Å². The predicted octanol–water partition coefficient (Wildman–Crippen LogP) is 2.02. The van der Waals surface area contributed by atoms with E-state index in [2.05, 4.69) is 0 Å². The maximum atomic E-state index is 8.84. The summed E-state index contributed by atoms with van der Waals surface area (Å²) in [6.45, 7) is 0.649. The standard InChI is InChI=1S/C10H13ClO2/c1-13-7-8-3-2-4-10(11)9(8)5-6-12/h2-4,12H,5-7H2,1H3. The van der Waals surface area contributed by atoms with Crippen LogP contribution in [0.3, 0.4) is 0 Å². The minimum atomic E-state index is 0.112. The molecule has 0 fully saturated rings.